The first kappa shape index (κ1) is 23.4. The molecule has 1 aliphatic heterocycles. The van der Waals surface area contributed by atoms with E-state index in [0.29, 0.717) is 30.1 Å². The molecule has 1 aliphatic rings. The quantitative estimate of drug-likeness (QED) is 0.495. The fourth-order valence-electron chi connectivity index (χ4n) is 4.30. The number of fused-ring (bicyclic) bond motifs is 2. The molecule has 3 amide bonds. The van der Waals surface area contributed by atoms with Crippen LogP contribution in [0.1, 0.15) is 83.1 Å². The lowest BCUT2D eigenvalue weighted by Gasteiger charge is -2.21. The highest BCUT2D eigenvalue weighted by Crippen LogP contribution is 2.36. The van der Waals surface area contributed by atoms with Crippen molar-refractivity contribution in [2.24, 2.45) is 0 Å². The largest absolute Gasteiger partial charge is 0.504 e. The molecule has 176 valence electrons. The molecule has 0 saturated heterocycles. The Morgan fingerprint density at radius 1 is 0.971 bits per heavy atom. The van der Waals surface area contributed by atoms with E-state index in [0.717, 1.165) is 28.7 Å². The van der Waals surface area contributed by atoms with E-state index < -0.39 is 11.8 Å². The Morgan fingerprint density at radius 2 is 1.65 bits per heavy atom. The minimum absolute atomic E-state index is 0.109. The molecule has 0 aliphatic carbocycles. The molecule has 1 N–H and O–H groups in total. The van der Waals surface area contributed by atoms with Crippen molar-refractivity contribution in [3.05, 3.63) is 64.7 Å². The van der Waals surface area contributed by atoms with Crippen molar-refractivity contribution in [3.63, 3.8) is 0 Å². The van der Waals surface area contributed by atoms with E-state index in [4.69, 9.17) is 0 Å². The van der Waals surface area contributed by atoms with Crippen LogP contribution in [0.2, 0.25) is 0 Å². The molecular formula is C27H29N3O4. The van der Waals surface area contributed by atoms with Gasteiger partial charge < -0.3 is 10.0 Å². The molecule has 0 radical (unpaired) electrons. The van der Waals surface area contributed by atoms with Gasteiger partial charge in [0.2, 0.25) is 0 Å². The maximum absolute atomic E-state index is 13.3. The normalized spacial score (nSPS) is 13.1. The molecular weight excluding hydrogens is 430 g/mol. The predicted octanol–water partition coefficient (Wildman–Crippen LogP) is 5.13. The smallest absolute Gasteiger partial charge is 0.267 e. The first-order valence-corrected chi connectivity index (χ1v) is 11.7. The van der Waals surface area contributed by atoms with E-state index in [1.54, 1.807) is 11.0 Å². The van der Waals surface area contributed by atoms with Crippen LogP contribution in [0.25, 0.3) is 10.9 Å². The molecule has 7 heteroatoms. The molecule has 34 heavy (non-hydrogen) atoms. The van der Waals surface area contributed by atoms with Gasteiger partial charge in [-0.1, -0.05) is 33.8 Å². The van der Waals surface area contributed by atoms with Gasteiger partial charge in [0.05, 0.1) is 16.6 Å². The Balaban J connectivity index is 1.71. The van der Waals surface area contributed by atoms with Crippen molar-refractivity contribution in [2.45, 2.75) is 46.5 Å². The number of amides is 3. The summed E-state index contributed by atoms with van der Waals surface area (Å²) in [5, 5.41) is 11.4. The highest BCUT2D eigenvalue weighted by atomic mass is 16.3. The van der Waals surface area contributed by atoms with Gasteiger partial charge in [-0.05, 0) is 60.7 Å². The van der Waals surface area contributed by atoms with E-state index in [9.17, 15) is 19.5 Å². The Labute approximate surface area is 199 Å². The molecule has 0 atom stereocenters. The van der Waals surface area contributed by atoms with Crippen molar-refractivity contribution in [1.82, 2.24) is 9.88 Å². The number of aromatic nitrogens is 1. The number of carbonyl (C=O) groups excluding carboxylic acids is 3. The molecule has 4 rings (SSSR count). The van der Waals surface area contributed by atoms with Crippen molar-refractivity contribution in [1.29, 1.82) is 0 Å². The number of pyridine rings is 1. The topological polar surface area (TPSA) is 90.8 Å². The number of hydrogen-bond acceptors (Lipinski definition) is 5. The molecule has 0 bridgehead atoms. The summed E-state index contributed by atoms with van der Waals surface area (Å²) in [7, 11) is 0. The highest BCUT2D eigenvalue weighted by Gasteiger charge is 2.39. The zero-order chi connectivity index (χ0) is 24.6. The van der Waals surface area contributed by atoms with Gasteiger partial charge in [0.25, 0.3) is 17.7 Å². The fraction of sp³-hybridized carbons (Fsp3) is 0.333. The van der Waals surface area contributed by atoms with Gasteiger partial charge in [-0.3, -0.25) is 14.4 Å². The monoisotopic (exact) mass is 459 g/mol. The second-order valence-corrected chi connectivity index (χ2v) is 8.94. The van der Waals surface area contributed by atoms with E-state index >= 15 is 0 Å². The maximum atomic E-state index is 13.3. The van der Waals surface area contributed by atoms with Gasteiger partial charge in [-0.15, -0.1) is 0 Å². The van der Waals surface area contributed by atoms with Crippen LogP contribution in [0.15, 0.2) is 42.5 Å². The van der Waals surface area contributed by atoms with Crippen molar-refractivity contribution in [3.8, 4) is 5.75 Å². The predicted molar refractivity (Wildman–Crippen MR) is 132 cm³/mol. The van der Waals surface area contributed by atoms with Crippen LogP contribution < -0.4 is 4.90 Å². The molecule has 0 saturated carbocycles. The highest BCUT2D eigenvalue weighted by molar-refractivity contribution is 6.35. The van der Waals surface area contributed by atoms with E-state index in [1.807, 2.05) is 32.0 Å². The Morgan fingerprint density at radius 3 is 2.29 bits per heavy atom. The van der Waals surface area contributed by atoms with Gasteiger partial charge in [0, 0.05) is 24.0 Å². The number of hydrogen-bond donors (Lipinski definition) is 1. The first-order chi connectivity index (χ1) is 16.3. The van der Waals surface area contributed by atoms with Crippen LogP contribution in [0.3, 0.4) is 0 Å². The number of carbonyl (C=O) groups is 3. The molecule has 7 nitrogen and oxygen atoms in total. The fourth-order valence-corrected chi connectivity index (χ4v) is 4.30. The number of anilines is 1. The lowest BCUT2D eigenvalue weighted by molar-refractivity contribution is 0.0755. The van der Waals surface area contributed by atoms with E-state index in [-0.39, 0.29) is 28.6 Å². The summed E-state index contributed by atoms with van der Waals surface area (Å²) in [5.74, 6) is -1.39. The lowest BCUT2D eigenvalue weighted by atomic mass is 10.0. The van der Waals surface area contributed by atoms with Crippen molar-refractivity contribution in [2.75, 3.05) is 18.0 Å². The minimum atomic E-state index is -0.604. The average molecular weight is 460 g/mol. The molecule has 3 aromatic rings. The molecule has 0 unspecified atom stereocenters. The second kappa shape index (κ2) is 9.25. The minimum Gasteiger partial charge on any atom is -0.504 e. The maximum Gasteiger partial charge on any atom is 0.267 e. The summed E-state index contributed by atoms with van der Waals surface area (Å²) in [5.41, 5.74) is 2.36. The van der Waals surface area contributed by atoms with Gasteiger partial charge in [0.1, 0.15) is 0 Å². The average Bonchev–Trinajstić information content (AvgIpc) is 3.07. The summed E-state index contributed by atoms with van der Waals surface area (Å²) in [6.45, 7) is 9.40. The van der Waals surface area contributed by atoms with Crippen LogP contribution in [0, 0.1) is 0 Å². The SMILES string of the molecule is CCCN(CCC)C(=O)c1ccc2c(c1)C(=O)N(c1nc3ccc(C(C)C)cc3cc1O)C2=O. The molecule has 2 aromatic carbocycles. The van der Waals surface area contributed by atoms with Crippen LogP contribution >= 0.6 is 0 Å². The summed E-state index contributed by atoms with van der Waals surface area (Å²) in [6, 6.07) is 11.8. The van der Waals surface area contributed by atoms with Crippen molar-refractivity contribution < 1.29 is 19.5 Å². The number of imide groups is 1. The zero-order valence-corrected chi connectivity index (χ0v) is 20.0. The lowest BCUT2D eigenvalue weighted by Crippen LogP contribution is -2.32. The first-order valence-electron chi connectivity index (χ1n) is 11.7. The summed E-state index contributed by atoms with van der Waals surface area (Å²) >= 11 is 0. The standard InChI is InChI=1S/C27H29N3O4/c1-5-11-29(12-6-2)25(32)18-7-9-20-21(14-18)27(34)30(26(20)33)24-23(31)15-19-13-17(16(3)4)8-10-22(19)28-24/h7-10,13-16,31H,5-6,11-12H2,1-4H3. The number of nitrogens with zero attached hydrogens (tertiary/aromatic N) is 3. The van der Waals surface area contributed by atoms with Crippen LogP contribution in [0.5, 0.6) is 5.75 Å². The second-order valence-electron chi connectivity index (χ2n) is 8.94. The number of aromatic hydroxyl groups is 1. The number of rotatable bonds is 7. The molecule has 0 spiro atoms. The summed E-state index contributed by atoms with van der Waals surface area (Å²) in [6.07, 6.45) is 1.65. The van der Waals surface area contributed by atoms with Gasteiger partial charge >= 0.3 is 0 Å². The van der Waals surface area contributed by atoms with E-state index in [1.165, 1.54) is 18.2 Å². The van der Waals surface area contributed by atoms with Gasteiger partial charge in [0.15, 0.2) is 11.6 Å². The van der Waals surface area contributed by atoms with Gasteiger partial charge in [-0.25, -0.2) is 9.88 Å². The number of benzene rings is 2. The Bertz CT molecular complexity index is 1290. The molecule has 1 aromatic heterocycles. The third-order valence-electron chi connectivity index (χ3n) is 6.09. The molecule has 0 fully saturated rings. The van der Waals surface area contributed by atoms with Crippen LogP contribution in [-0.2, 0) is 0 Å². The third kappa shape index (κ3) is 4.02. The van der Waals surface area contributed by atoms with Crippen LogP contribution in [0.4, 0.5) is 5.82 Å². The van der Waals surface area contributed by atoms with Gasteiger partial charge in [-0.2, -0.15) is 0 Å². The summed E-state index contributed by atoms with van der Waals surface area (Å²) in [4.78, 5) is 46.5. The van der Waals surface area contributed by atoms with E-state index in [2.05, 4.69) is 18.8 Å². The third-order valence-corrected chi connectivity index (χ3v) is 6.09. The Hall–Kier alpha value is -3.74. The zero-order valence-electron chi connectivity index (χ0n) is 20.0. The Kier molecular flexibility index (Phi) is 6.37. The van der Waals surface area contributed by atoms with Crippen molar-refractivity contribution >= 4 is 34.4 Å². The van der Waals surface area contributed by atoms with Crippen LogP contribution in [-0.4, -0.2) is 45.8 Å². The molecule has 2 heterocycles. The summed E-state index contributed by atoms with van der Waals surface area (Å²) < 4.78 is 0.